The first kappa shape index (κ1) is 58.1. The van der Waals surface area contributed by atoms with Crippen molar-refractivity contribution < 1.29 is 27.0 Å². The second kappa shape index (κ2) is 22.4. The van der Waals surface area contributed by atoms with Gasteiger partial charge < -0.3 is 27.0 Å². The van der Waals surface area contributed by atoms with Crippen molar-refractivity contribution in [1.29, 1.82) is 0 Å². The van der Waals surface area contributed by atoms with Gasteiger partial charge in [0.05, 0.1) is 66.2 Å². The fraction of sp³-hybridized carbons (Fsp3) is 0.0698. The highest BCUT2D eigenvalue weighted by atomic mass is 127. The van der Waals surface area contributed by atoms with Gasteiger partial charge in [-0.05, 0) is 125 Å². The van der Waals surface area contributed by atoms with Crippen molar-refractivity contribution in [2.75, 3.05) is 0 Å². The molecular weight excluding hydrogens is 1320 g/mol. The number of fused-ring (bicyclic) bond motifs is 24. The standard InChI is InChI=1S/C40H22N2O2.C28H25BN2O2.C18H9IO2/c1-3-16-29-25(12-1)26-13-2-4-17-30(26)38-37(29)41-22-33(42-38)23-10-9-11-24(20-23)36-39-31(27-14-5-7-18-34(27)43-39)21-32-28-15-6-8-19-35(28)44-40(32)36;1-27(2)28(3,4)33-29(32-27)19-11-9-10-18(16-19)24-17-30-25-22-14-7-5-12-20(22)21-13-6-8-15-23(21)26(25)31-24;19-16-17-12(10-5-1-3-7-14(10)20-17)9-13-11-6-2-4-8-15(11)21-18(13)16/h1-22H;5-17H,1-4H3;1-9H. The summed E-state index contributed by atoms with van der Waals surface area (Å²) in [5.41, 5.74) is 16.5. The van der Waals surface area contributed by atoms with E-state index in [0.717, 1.165) is 174 Å². The van der Waals surface area contributed by atoms with Crippen molar-refractivity contribution in [1.82, 2.24) is 19.9 Å². The maximum absolute atomic E-state index is 6.55. The molecule has 21 rings (SSSR count). The molecule has 0 spiro atoms. The van der Waals surface area contributed by atoms with E-state index in [9.17, 15) is 0 Å². The molecule has 6 aromatic heterocycles. The highest BCUT2D eigenvalue weighted by Gasteiger charge is 2.51. The minimum atomic E-state index is -0.409. The predicted molar refractivity (Wildman–Crippen MR) is 409 cm³/mol. The van der Waals surface area contributed by atoms with Crippen molar-refractivity contribution in [2.45, 2.75) is 38.9 Å². The minimum absolute atomic E-state index is 0.379. The van der Waals surface area contributed by atoms with Gasteiger partial charge >= 0.3 is 7.12 Å². The molecular formula is C86H56BIN4O6. The zero-order valence-electron chi connectivity index (χ0n) is 53.6. The lowest BCUT2D eigenvalue weighted by Gasteiger charge is -2.32. The summed E-state index contributed by atoms with van der Waals surface area (Å²) in [5.74, 6) is 0. The molecule has 7 heterocycles. The molecule has 0 N–H and O–H groups in total. The summed E-state index contributed by atoms with van der Waals surface area (Å²) in [6.45, 7) is 8.28. The van der Waals surface area contributed by atoms with Crippen molar-refractivity contribution in [3.63, 3.8) is 0 Å². The second-order valence-corrected chi connectivity index (χ2v) is 27.3. The van der Waals surface area contributed by atoms with Gasteiger partial charge in [0.2, 0.25) is 0 Å². The molecule has 1 aliphatic heterocycles. The summed E-state index contributed by atoms with van der Waals surface area (Å²) in [6, 6.07) is 87.5. The Balaban J connectivity index is 0.000000110. The Bertz CT molecular complexity index is 6440. The van der Waals surface area contributed by atoms with E-state index in [0.29, 0.717) is 0 Å². The Labute approximate surface area is 574 Å². The van der Waals surface area contributed by atoms with Crippen LogP contribution in [0, 0.1) is 3.57 Å². The summed E-state index contributed by atoms with van der Waals surface area (Å²) in [7, 11) is -0.409. The van der Waals surface area contributed by atoms with Crippen LogP contribution in [0.4, 0.5) is 0 Å². The van der Waals surface area contributed by atoms with Crippen molar-refractivity contribution in [2.24, 2.45) is 0 Å². The van der Waals surface area contributed by atoms with Gasteiger partial charge in [0.25, 0.3) is 0 Å². The molecule has 10 nitrogen and oxygen atoms in total. The highest BCUT2D eigenvalue weighted by Crippen LogP contribution is 2.47. The van der Waals surface area contributed by atoms with Crippen molar-refractivity contribution in [3.8, 4) is 33.6 Å². The molecule has 0 bridgehead atoms. The molecule has 0 amide bonds. The van der Waals surface area contributed by atoms with Crippen LogP contribution in [-0.4, -0.2) is 38.3 Å². The van der Waals surface area contributed by atoms with Crippen molar-refractivity contribution in [3.05, 3.63) is 271 Å². The molecule has 0 aliphatic carbocycles. The molecule has 12 heteroatoms. The van der Waals surface area contributed by atoms with Crippen LogP contribution in [0.3, 0.4) is 0 Å². The zero-order valence-corrected chi connectivity index (χ0v) is 55.8. The Hall–Kier alpha value is -11.3. The monoisotopic (exact) mass is 1380 g/mol. The number of benzene rings is 14. The van der Waals surface area contributed by atoms with Crippen LogP contribution in [0.25, 0.3) is 187 Å². The summed E-state index contributed by atoms with van der Waals surface area (Å²) >= 11 is 2.32. The van der Waals surface area contributed by atoms with E-state index >= 15 is 0 Å². The number of para-hydroxylation sites is 4. The summed E-state index contributed by atoms with van der Waals surface area (Å²) < 4.78 is 38.7. The fourth-order valence-corrected chi connectivity index (χ4v) is 15.3. The number of furan rings is 4. The van der Waals surface area contributed by atoms with Gasteiger partial charge in [0, 0.05) is 75.8 Å². The first-order valence-corrected chi connectivity index (χ1v) is 33.9. The van der Waals surface area contributed by atoms with E-state index < -0.39 is 7.12 Å². The van der Waals surface area contributed by atoms with Crippen LogP contribution in [0.5, 0.6) is 0 Å². The number of aromatic nitrogens is 4. The van der Waals surface area contributed by atoms with Crippen LogP contribution in [0.1, 0.15) is 27.7 Å². The Morgan fingerprint density at radius 1 is 0.296 bits per heavy atom. The average Bonchev–Trinajstić information content (AvgIpc) is 1.70. The molecule has 98 heavy (non-hydrogen) atoms. The molecule has 1 saturated heterocycles. The van der Waals surface area contributed by atoms with E-state index in [1.807, 2.05) is 85.2 Å². The molecule has 0 radical (unpaired) electrons. The van der Waals surface area contributed by atoms with E-state index in [-0.39, 0.29) is 11.2 Å². The number of halogens is 1. The predicted octanol–water partition coefficient (Wildman–Crippen LogP) is 23.1. The van der Waals surface area contributed by atoms with Gasteiger partial charge in [0.1, 0.15) is 33.5 Å². The molecule has 0 atom stereocenters. The fourth-order valence-electron chi connectivity index (χ4n) is 14.5. The smallest absolute Gasteiger partial charge is 0.455 e. The van der Waals surface area contributed by atoms with Crippen LogP contribution in [-0.2, 0) is 9.31 Å². The molecule has 0 saturated carbocycles. The molecule has 20 aromatic rings. The lowest BCUT2D eigenvalue weighted by atomic mass is 9.78. The van der Waals surface area contributed by atoms with Crippen LogP contribution < -0.4 is 5.46 Å². The van der Waals surface area contributed by atoms with Gasteiger partial charge in [-0.3, -0.25) is 9.97 Å². The van der Waals surface area contributed by atoms with Crippen LogP contribution in [0.15, 0.2) is 285 Å². The van der Waals surface area contributed by atoms with E-state index in [4.69, 9.17) is 46.9 Å². The second-order valence-electron chi connectivity index (χ2n) is 26.2. The maximum atomic E-state index is 6.55. The molecule has 1 aliphatic rings. The van der Waals surface area contributed by atoms with Crippen molar-refractivity contribution >= 4 is 188 Å². The Morgan fingerprint density at radius 3 is 1.02 bits per heavy atom. The van der Waals surface area contributed by atoms with Crippen LogP contribution in [0.2, 0.25) is 0 Å². The number of nitrogens with zero attached hydrogens (tertiary/aromatic N) is 4. The largest absolute Gasteiger partial charge is 0.494 e. The van der Waals surface area contributed by atoms with Crippen LogP contribution >= 0.6 is 22.6 Å². The normalized spacial score (nSPS) is 13.8. The van der Waals surface area contributed by atoms with Gasteiger partial charge in [-0.25, -0.2) is 9.97 Å². The molecule has 0 unspecified atom stereocenters. The van der Waals surface area contributed by atoms with Gasteiger partial charge in [-0.15, -0.1) is 0 Å². The lowest BCUT2D eigenvalue weighted by Crippen LogP contribution is -2.41. The van der Waals surface area contributed by atoms with E-state index in [1.165, 1.54) is 21.5 Å². The third kappa shape index (κ3) is 9.22. The third-order valence-electron chi connectivity index (χ3n) is 20.0. The quantitative estimate of drug-likeness (QED) is 0.0956. The zero-order chi connectivity index (χ0) is 65.5. The average molecular weight is 1380 g/mol. The molecule has 1 fully saturated rings. The lowest BCUT2D eigenvalue weighted by molar-refractivity contribution is 0.00578. The molecule has 466 valence electrons. The first-order chi connectivity index (χ1) is 48.0. The van der Waals surface area contributed by atoms with E-state index in [2.05, 4.69) is 232 Å². The third-order valence-corrected chi connectivity index (χ3v) is 21.0. The molecule has 14 aromatic carbocycles. The number of hydrogen-bond acceptors (Lipinski definition) is 10. The van der Waals surface area contributed by atoms with E-state index in [1.54, 1.807) is 0 Å². The number of hydrogen-bond donors (Lipinski definition) is 0. The Kier molecular flexibility index (Phi) is 13.3. The minimum Gasteiger partial charge on any atom is -0.455 e. The summed E-state index contributed by atoms with van der Waals surface area (Å²) in [4.78, 5) is 20.2. The highest BCUT2D eigenvalue weighted by molar-refractivity contribution is 14.1. The first-order valence-electron chi connectivity index (χ1n) is 32.8. The Morgan fingerprint density at radius 2 is 0.612 bits per heavy atom. The summed E-state index contributed by atoms with van der Waals surface area (Å²) in [5, 5.41) is 18.1. The van der Waals surface area contributed by atoms with Gasteiger partial charge in [-0.1, -0.05) is 212 Å². The van der Waals surface area contributed by atoms with Gasteiger partial charge in [0.15, 0.2) is 11.2 Å². The summed E-state index contributed by atoms with van der Waals surface area (Å²) in [6.07, 6.45) is 3.76. The SMILES string of the molecule is CC1(C)OB(c2cccc(-c3cnc4c5ccccc5c5ccccc5c4n3)c2)OC1(C)C.Ic1c2oc3ccccc3c2cc2c1oc1ccccc12.c1cc(-c2cnc3c4ccccc4c4ccccc4c3n2)cc(-c2c3oc4ccccc4c3cc3c2oc2ccccc23)c1. The maximum Gasteiger partial charge on any atom is 0.494 e. The van der Waals surface area contributed by atoms with Gasteiger partial charge in [-0.2, -0.15) is 0 Å². The number of rotatable bonds is 4. The topological polar surface area (TPSA) is 123 Å².